The van der Waals surface area contributed by atoms with Gasteiger partial charge in [0.25, 0.3) is 0 Å². The Morgan fingerprint density at radius 1 is 1.24 bits per heavy atom. The number of nitrogens with one attached hydrogen (secondary N) is 3. The van der Waals surface area contributed by atoms with Crippen molar-refractivity contribution in [2.45, 2.75) is 74.2 Å². The smallest absolute Gasteiger partial charge is 0.407 e. The van der Waals surface area contributed by atoms with E-state index >= 15 is 0 Å². The lowest BCUT2D eigenvalue weighted by atomic mass is 9.73. The summed E-state index contributed by atoms with van der Waals surface area (Å²) >= 11 is 8.19. The van der Waals surface area contributed by atoms with Crippen LogP contribution in [0.2, 0.25) is 5.02 Å². The molecule has 2 aromatic rings. The number of hydrogen-bond acceptors (Lipinski definition) is 9. The first-order chi connectivity index (χ1) is 18.1. The van der Waals surface area contributed by atoms with Crippen molar-refractivity contribution in [1.82, 2.24) is 20.6 Å². The summed E-state index contributed by atoms with van der Waals surface area (Å²) in [7, 11) is 0. The lowest BCUT2D eigenvalue weighted by Crippen LogP contribution is -2.55. The number of carbonyl (C=O) groups is 1. The summed E-state index contributed by atoms with van der Waals surface area (Å²) < 4.78 is 11.5. The number of amides is 1. The van der Waals surface area contributed by atoms with E-state index in [9.17, 15) is 4.79 Å². The normalized spacial score (nSPS) is 23.2. The molecule has 1 aromatic heterocycles. The molecule has 0 bridgehead atoms. The molecule has 4 heterocycles. The predicted octanol–water partition coefficient (Wildman–Crippen LogP) is 4.56. The molecule has 206 valence electrons. The number of rotatable bonds is 6. The van der Waals surface area contributed by atoms with Crippen LogP contribution in [0.1, 0.15) is 40.5 Å². The van der Waals surface area contributed by atoms with E-state index in [1.54, 1.807) is 0 Å². The molecule has 3 aliphatic heterocycles. The van der Waals surface area contributed by atoms with Gasteiger partial charge in [0, 0.05) is 36.5 Å². The number of carbonyl (C=O) groups excluding carboxylic acids is 1. The van der Waals surface area contributed by atoms with Crippen molar-refractivity contribution >= 4 is 41.0 Å². The fourth-order valence-electron chi connectivity index (χ4n) is 5.27. The maximum atomic E-state index is 12.5. The average Bonchev–Trinajstić information content (AvgIpc) is 3.13. The highest BCUT2D eigenvalue weighted by atomic mass is 35.5. The van der Waals surface area contributed by atoms with Gasteiger partial charge < -0.3 is 30.3 Å². The van der Waals surface area contributed by atoms with Crippen LogP contribution in [0.15, 0.2) is 40.5 Å². The quantitative estimate of drug-likeness (QED) is 0.469. The second-order valence-corrected chi connectivity index (χ2v) is 12.9. The Morgan fingerprint density at radius 2 is 2.00 bits per heavy atom. The topological polar surface area (TPSA) is 101 Å². The van der Waals surface area contributed by atoms with Crippen LogP contribution in [0.25, 0.3) is 0 Å². The minimum Gasteiger partial charge on any atom is -0.444 e. The van der Waals surface area contributed by atoms with Crippen LogP contribution in [0.4, 0.5) is 16.3 Å². The van der Waals surface area contributed by atoms with E-state index in [1.807, 2.05) is 58.3 Å². The summed E-state index contributed by atoms with van der Waals surface area (Å²) in [6.07, 6.45) is 4.98. The van der Waals surface area contributed by atoms with Gasteiger partial charge in [-0.05, 0) is 52.7 Å². The van der Waals surface area contributed by atoms with Gasteiger partial charge in [-0.3, -0.25) is 0 Å². The third kappa shape index (κ3) is 6.14. The van der Waals surface area contributed by atoms with Gasteiger partial charge in [-0.2, -0.15) is 0 Å². The zero-order chi connectivity index (χ0) is 26.9. The van der Waals surface area contributed by atoms with E-state index in [-0.39, 0.29) is 23.7 Å². The van der Waals surface area contributed by atoms with E-state index in [4.69, 9.17) is 26.1 Å². The fraction of sp³-hybridized carbons (Fsp3) is 0.593. The molecule has 9 nitrogen and oxygen atoms in total. The maximum Gasteiger partial charge on any atom is 0.407 e. The van der Waals surface area contributed by atoms with E-state index in [2.05, 4.69) is 25.8 Å². The predicted molar refractivity (Wildman–Crippen MR) is 150 cm³/mol. The molecule has 3 fully saturated rings. The Balaban J connectivity index is 1.19. The third-order valence-electron chi connectivity index (χ3n) is 7.45. The summed E-state index contributed by atoms with van der Waals surface area (Å²) in [5, 5.41) is 11.3. The number of aromatic nitrogens is 2. The van der Waals surface area contributed by atoms with Crippen LogP contribution in [0.5, 0.6) is 0 Å². The van der Waals surface area contributed by atoms with E-state index in [0.717, 1.165) is 60.4 Å². The molecule has 2 atom stereocenters. The summed E-state index contributed by atoms with van der Waals surface area (Å²) in [4.78, 5) is 25.1. The lowest BCUT2D eigenvalue weighted by Gasteiger charge is -2.42. The zero-order valence-electron chi connectivity index (χ0n) is 22.4. The van der Waals surface area contributed by atoms with Crippen LogP contribution >= 0.6 is 23.4 Å². The summed E-state index contributed by atoms with van der Waals surface area (Å²) in [6, 6.07) is 6.35. The molecule has 1 aromatic carbocycles. The molecule has 3 N–H and O–H groups in total. The van der Waals surface area contributed by atoms with E-state index in [0.29, 0.717) is 17.7 Å². The first kappa shape index (κ1) is 27.3. The van der Waals surface area contributed by atoms with Crippen molar-refractivity contribution in [3.05, 3.63) is 35.6 Å². The standard InChI is InChI=1S/C27H37ClN6O3S/c1-17-24(33-25(35)37-26(2,3)4)27(16-36-17)8-10-34(11-9-27)21-14-31-22(15-30-21)38-20-7-5-6-19(23(20)28)32-18-12-29-13-18/h5-7,14-15,17-18,24,29,32H,8-13,16H2,1-4H3,(H,33,35)/t17-,24+/m0/s1. The van der Waals surface area contributed by atoms with Gasteiger partial charge in [-0.1, -0.05) is 29.4 Å². The highest BCUT2D eigenvalue weighted by Gasteiger charge is 2.50. The van der Waals surface area contributed by atoms with Gasteiger partial charge in [0.15, 0.2) is 0 Å². The highest BCUT2D eigenvalue weighted by molar-refractivity contribution is 7.99. The molecular formula is C27H37ClN6O3S. The highest BCUT2D eigenvalue weighted by Crippen LogP contribution is 2.43. The van der Waals surface area contributed by atoms with Crippen molar-refractivity contribution in [2.24, 2.45) is 5.41 Å². The Bertz CT molecular complexity index is 1130. The van der Waals surface area contributed by atoms with Crippen molar-refractivity contribution in [3.8, 4) is 0 Å². The molecule has 5 rings (SSSR count). The molecule has 0 radical (unpaired) electrons. The lowest BCUT2D eigenvalue weighted by molar-refractivity contribution is 0.0434. The van der Waals surface area contributed by atoms with Crippen molar-refractivity contribution < 1.29 is 14.3 Å². The number of piperidine rings is 1. The van der Waals surface area contributed by atoms with Gasteiger partial charge in [0.2, 0.25) is 0 Å². The second-order valence-electron chi connectivity index (χ2n) is 11.4. The van der Waals surface area contributed by atoms with Gasteiger partial charge in [-0.25, -0.2) is 14.8 Å². The van der Waals surface area contributed by atoms with Crippen LogP contribution in [-0.4, -0.2) is 72.6 Å². The number of nitrogens with zero attached hydrogens (tertiary/aromatic N) is 3. The first-order valence-corrected chi connectivity index (χ1v) is 14.4. The number of hydrogen-bond donors (Lipinski definition) is 3. The van der Waals surface area contributed by atoms with Crippen LogP contribution in [-0.2, 0) is 9.47 Å². The SMILES string of the molecule is C[C@@H]1OCC2(CCN(c3cnc(Sc4cccc(NC5CNC5)c4Cl)cn3)CC2)[C@@H]1NC(=O)OC(C)(C)C. The van der Waals surface area contributed by atoms with Gasteiger partial charge in [0.05, 0.1) is 47.9 Å². The second kappa shape index (κ2) is 11.1. The average molecular weight is 561 g/mol. The number of alkyl carbamates (subject to hydrolysis) is 1. The summed E-state index contributed by atoms with van der Waals surface area (Å²) in [6.45, 7) is 11.8. The molecule has 0 saturated carbocycles. The third-order valence-corrected chi connectivity index (χ3v) is 8.95. The van der Waals surface area contributed by atoms with Crippen molar-refractivity contribution in [1.29, 1.82) is 0 Å². The summed E-state index contributed by atoms with van der Waals surface area (Å²) in [5.41, 5.74) is 0.298. The molecule has 38 heavy (non-hydrogen) atoms. The van der Waals surface area contributed by atoms with E-state index < -0.39 is 5.60 Å². The molecule has 0 aliphatic carbocycles. The molecule has 3 aliphatic rings. The van der Waals surface area contributed by atoms with Crippen molar-refractivity contribution in [2.75, 3.05) is 43.0 Å². The molecule has 0 unspecified atom stereocenters. The molecule has 1 spiro atoms. The fourth-order valence-corrected chi connectivity index (χ4v) is 6.35. The van der Waals surface area contributed by atoms with Crippen molar-refractivity contribution in [3.63, 3.8) is 0 Å². The van der Waals surface area contributed by atoms with E-state index in [1.165, 1.54) is 11.8 Å². The zero-order valence-corrected chi connectivity index (χ0v) is 24.0. The Kier molecular flexibility index (Phi) is 7.96. The Labute approximate surface area is 233 Å². The van der Waals surface area contributed by atoms with Crippen LogP contribution in [0, 0.1) is 5.41 Å². The monoisotopic (exact) mass is 560 g/mol. The molecule has 3 saturated heterocycles. The first-order valence-electron chi connectivity index (χ1n) is 13.2. The Hall–Kier alpha value is -2.27. The number of benzene rings is 1. The van der Waals surface area contributed by atoms with Gasteiger partial charge in [0.1, 0.15) is 16.4 Å². The minimum atomic E-state index is -0.537. The minimum absolute atomic E-state index is 0.0592. The largest absolute Gasteiger partial charge is 0.444 e. The summed E-state index contributed by atoms with van der Waals surface area (Å²) in [5.74, 6) is 0.854. The molecular weight excluding hydrogens is 524 g/mol. The number of halogens is 1. The van der Waals surface area contributed by atoms with Gasteiger partial charge >= 0.3 is 6.09 Å². The van der Waals surface area contributed by atoms with Crippen LogP contribution in [0.3, 0.4) is 0 Å². The maximum absolute atomic E-state index is 12.5. The number of ether oxygens (including phenoxy) is 2. The molecule has 1 amide bonds. The molecule has 11 heteroatoms. The number of anilines is 2. The Morgan fingerprint density at radius 3 is 2.63 bits per heavy atom. The van der Waals surface area contributed by atoms with Crippen LogP contribution < -0.4 is 20.9 Å². The van der Waals surface area contributed by atoms with Gasteiger partial charge in [-0.15, -0.1) is 0 Å².